The Kier molecular flexibility index (Phi) is 3.49. The number of aliphatic hydroxyl groups excluding tert-OH is 1. The van der Waals surface area contributed by atoms with E-state index in [9.17, 15) is 4.79 Å². The summed E-state index contributed by atoms with van der Waals surface area (Å²) in [5.74, 6) is 0.0216. The molecule has 0 saturated carbocycles. The number of carbonyl (C=O) groups is 1. The number of hydrogen-bond donors (Lipinski definition) is 1. The van der Waals surface area contributed by atoms with Crippen molar-refractivity contribution in [1.29, 1.82) is 0 Å². The van der Waals surface area contributed by atoms with Gasteiger partial charge in [0.05, 0.1) is 25.7 Å². The third-order valence-electron chi connectivity index (χ3n) is 1.83. The number of aliphatic hydroxyl groups is 1. The molecule has 0 aromatic rings. The predicted molar refractivity (Wildman–Crippen MR) is 43.7 cm³/mol. The highest BCUT2D eigenvalue weighted by Crippen LogP contribution is 2.01. The van der Waals surface area contributed by atoms with Gasteiger partial charge in [0.1, 0.15) is 0 Å². The minimum atomic E-state index is -0.541. The summed E-state index contributed by atoms with van der Waals surface area (Å²) in [5, 5.41) is 8.97. The van der Waals surface area contributed by atoms with Gasteiger partial charge in [-0.1, -0.05) is 0 Å². The molecule has 0 radical (unpaired) electrons. The molecule has 1 aliphatic heterocycles. The van der Waals surface area contributed by atoms with Gasteiger partial charge >= 0.3 is 0 Å². The molecule has 1 fully saturated rings. The minimum Gasteiger partial charge on any atom is -0.393 e. The molecule has 0 aliphatic carbocycles. The molecule has 1 unspecified atom stereocenters. The first-order valence-corrected chi connectivity index (χ1v) is 4.23. The van der Waals surface area contributed by atoms with Gasteiger partial charge in [-0.05, 0) is 6.92 Å². The highest BCUT2D eigenvalue weighted by Gasteiger charge is 2.17. The lowest BCUT2D eigenvalue weighted by atomic mass is 10.2. The molecule has 4 heteroatoms. The summed E-state index contributed by atoms with van der Waals surface area (Å²) in [6, 6.07) is 0. The monoisotopic (exact) mass is 173 g/mol. The van der Waals surface area contributed by atoms with Crippen LogP contribution in [0.25, 0.3) is 0 Å². The summed E-state index contributed by atoms with van der Waals surface area (Å²) in [7, 11) is 0. The summed E-state index contributed by atoms with van der Waals surface area (Å²) in [5.41, 5.74) is 0. The second-order valence-electron chi connectivity index (χ2n) is 3.05. The molecule has 70 valence electrons. The largest absolute Gasteiger partial charge is 0.393 e. The molecule has 1 aliphatic rings. The fourth-order valence-electron chi connectivity index (χ4n) is 1.19. The second kappa shape index (κ2) is 4.42. The Morgan fingerprint density at radius 1 is 1.58 bits per heavy atom. The van der Waals surface area contributed by atoms with Crippen LogP contribution in [0.1, 0.15) is 13.3 Å². The zero-order valence-electron chi connectivity index (χ0n) is 7.32. The maximum Gasteiger partial charge on any atom is 0.225 e. The molecule has 0 bridgehead atoms. The maximum atomic E-state index is 11.3. The van der Waals surface area contributed by atoms with Gasteiger partial charge < -0.3 is 14.7 Å². The van der Waals surface area contributed by atoms with Crippen molar-refractivity contribution in [3.8, 4) is 0 Å². The third kappa shape index (κ3) is 2.79. The summed E-state index contributed by atoms with van der Waals surface area (Å²) >= 11 is 0. The number of hydrogen-bond acceptors (Lipinski definition) is 3. The number of nitrogens with zero attached hydrogens (tertiary/aromatic N) is 1. The summed E-state index contributed by atoms with van der Waals surface area (Å²) in [6.45, 7) is 4.17. The molecular weight excluding hydrogens is 158 g/mol. The van der Waals surface area contributed by atoms with E-state index in [2.05, 4.69) is 0 Å². The van der Waals surface area contributed by atoms with Crippen LogP contribution in [0.5, 0.6) is 0 Å². The van der Waals surface area contributed by atoms with Gasteiger partial charge in [0.2, 0.25) is 5.91 Å². The molecule has 0 aromatic heterocycles. The first kappa shape index (κ1) is 9.48. The lowest BCUT2D eigenvalue weighted by molar-refractivity contribution is -0.137. The predicted octanol–water partition coefficient (Wildman–Crippen LogP) is -0.384. The van der Waals surface area contributed by atoms with Gasteiger partial charge in [-0.2, -0.15) is 0 Å². The Morgan fingerprint density at radius 2 is 2.17 bits per heavy atom. The summed E-state index contributed by atoms with van der Waals surface area (Å²) in [6.07, 6.45) is -0.319. The maximum absolute atomic E-state index is 11.3. The van der Waals surface area contributed by atoms with Crippen molar-refractivity contribution < 1.29 is 14.6 Å². The molecule has 12 heavy (non-hydrogen) atoms. The van der Waals surface area contributed by atoms with Crippen molar-refractivity contribution in [2.45, 2.75) is 19.4 Å². The van der Waals surface area contributed by atoms with Crippen LogP contribution in [0.3, 0.4) is 0 Å². The summed E-state index contributed by atoms with van der Waals surface area (Å²) < 4.78 is 5.10. The smallest absolute Gasteiger partial charge is 0.225 e. The Morgan fingerprint density at radius 3 is 2.67 bits per heavy atom. The Labute approximate surface area is 72.1 Å². The topological polar surface area (TPSA) is 49.8 Å². The average Bonchev–Trinajstić information content (AvgIpc) is 2.05. The number of carbonyl (C=O) groups excluding carboxylic acids is 1. The molecule has 1 amide bonds. The van der Waals surface area contributed by atoms with E-state index >= 15 is 0 Å². The lowest BCUT2D eigenvalue weighted by Gasteiger charge is -2.27. The van der Waals surface area contributed by atoms with Crippen molar-refractivity contribution in [2.75, 3.05) is 26.3 Å². The van der Waals surface area contributed by atoms with Gasteiger partial charge in [-0.3, -0.25) is 4.79 Å². The van der Waals surface area contributed by atoms with Crippen molar-refractivity contribution in [3.63, 3.8) is 0 Å². The Balaban J connectivity index is 2.30. The highest BCUT2D eigenvalue weighted by atomic mass is 16.5. The van der Waals surface area contributed by atoms with E-state index in [1.165, 1.54) is 0 Å². The van der Waals surface area contributed by atoms with Crippen LogP contribution in [0, 0.1) is 0 Å². The van der Waals surface area contributed by atoms with E-state index in [1.807, 2.05) is 0 Å². The lowest BCUT2D eigenvalue weighted by Crippen LogP contribution is -2.41. The first-order valence-electron chi connectivity index (χ1n) is 4.23. The quantitative estimate of drug-likeness (QED) is 0.619. The van der Waals surface area contributed by atoms with Crippen LogP contribution in [0.2, 0.25) is 0 Å². The number of amides is 1. The van der Waals surface area contributed by atoms with Crippen LogP contribution in [-0.4, -0.2) is 48.3 Å². The SMILES string of the molecule is CC(O)CC(=O)N1CCOCC1. The van der Waals surface area contributed by atoms with Crippen molar-refractivity contribution in [2.24, 2.45) is 0 Å². The first-order chi connectivity index (χ1) is 5.70. The van der Waals surface area contributed by atoms with Crippen molar-refractivity contribution >= 4 is 5.91 Å². The fraction of sp³-hybridized carbons (Fsp3) is 0.875. The highest BCUT2D eigenvalue weighted by molar-refractivity contribution is 5.76. The molecule has 0 spiro atoms. The molecule has 1 atom stereocenters. The number of ether oxygens (including phenoxy) is 1. The van der Waals surface area contributed by atoms with Crippen molar-refractivity contribution in [3.05, 3.63) is 0 Å². The molecule has 1 heterocycles. The van der Waals surface area contributed by atoms with Gasteiger partial charge in [0, 0.05) is 13.1 Å². The zero-order chi connectivity index (χ0) is 8.97. The Hall–Kier alpha value is -0.610. The fourth-order valence-corrected chi connectivity index (χ4v) is 1.19. The Bertz CT molecular complexity index is 152. The van der Waals surface area contributed by atoms with E-state index in [0.717, 1.165) is 0 Å². The van der Waals surface area contributed by atoms with E-state index in [1.54, 1.807) is 11.8 Å². The molecule has 1 saturated heterocycles. The molecular formula is C8H15NO3. The third-order valence-corrected chi connectivity index (χ3v) is 1.83. The van der Waals surface area contributed by atoms with Crippen LogP contribution in [-0.2, 0) is 9.53 Å². The van der Waals surface area contributed by atoms with Gasteiger partial charge in [0.25, 0.3) is 0 Å². The van der Waals surface area contributed by atoms with E-state index < -0.39 is 6.10 Å². The zero-order valence-corrected chi connectivity index (χ0v) is 7.32. The second-order valence-corrected chi connectivity index (χ2v) is 3.05. The molecule has 4 nitrogen and oxygen atoms in total. The molecule has 1 N–H and O–H groups in total. The minimum absolute atomic E-state index is 0.0216. The van der Waals surface area contributed by atoms with Crippen LogP contribution in [0.15, 0.2) is 0 Å². The van der Waals surface area contributed by atoms with E-state index in [0.29, 0.717) is 26.3 Å². The standard InChI is InChI=1S/C8H15NO3/c1-7(10)6-8(11)9-2-4-12-5-3-9/h7,10H,2-6H2,1H3. The summed E-state index contributed by atoms with van der Waals surface area (Å²) in [4.78, 5) is 13.1. The van der Waals surface area contributed by atoms with Gasteiger partial charge in [-0.25, -0.2) is 0 Å². The van der Waals surface area contributed by atoms with Gasteiger partial charge in [0.15, 0.2) is 0 Å². The van der Waals surface area contributed by atoms with E-state index in [-0.39, 0.29) is 12.3 Å². The van der Waals surface area contributed by atoms with Crippen LogP contribution >= 0.6 is 0 Å². The van der Waals surface area contributed by atoms with Crippen LogP contribution < -0.4 is 0 Å². The average molecular weight is 173 g/mol. The van der Waals surface area contributed by atoms with Crippen LogP contribution in [0.4, 0.5) is 0 Å². The normalized spacial score (nSPS) is 20.7. The molecule has 0 aromatic carbocycles. The number of rotatable bonds is 2. The van der Waals surface area contributed by atoms with Gasteiger partial charge in [-0.15, -0.1) is 0 Å². The number of morpholine rings is 1. The molecule has 1 rings (SSSR count). The van der Waals surface area contributed by atoms with Crippen molar-refractivity contribution in [1.82, 2.24) is 4.90 Å². The van der Waals surface area contributed by atoms with E-state index in [4.69, 9.17) is 9.84 Å².